The summed E-state index contributed by atoms with van der Waals surface area (Å²) in [7, 11) is 0. The first-order valence-electron chi connectivity index (χ1n) is 7.63. The minimum absolute atomic E-state index is 0.121. The summed E-state index contributed by atoms with van der Waals surface area (Å²) in [4.78, 5) is 0. The van der Waals surface area contributed by atoms with Gasteiger partial charge in [-0.15, -0.1) is 0 Å². The Hall–Kier alpha value is -1.81. The van der Waals surface area contributed by atoms with Crippen LogP contribution in [0.15, 0.2) is 30.3 Å². The lowest BCUT2D eigenvalue weighted by Crippen LogP contribution is -2.14. The van der Waals surface area contributed by atoms with Gasteiger partial charge in [0.15, 0.2) is 0 Å². The van der Waals surface area contributed by atoms with Crippen molar-refractivity contribution in [3.63, 3.8) is 0 Å². The number of H-pyrrole nitrogens is 1. The van der Waals surface area contributed by atoms with Crippen LogP contribution >= 0.6 is 0 Å². The standard InChI is InChI=1S/C17H25N3O/c1-4-8-21-14-7-5-6-13(9-14)15(11-18)17-10-16(12(2)3)19-20-17/h5-7,9-10,12,15H,4,8,11,18H2,1-3H3,(H,19,20). The third kappa shape index (κ3) is 3.85. The van der Waals surface area contributed by atoms with Crippen molar-refractivity contribution in [2.45, 2.75) is 39.0 Å². The van der Waals surface area contributed by atoms with Gasteiger partial charge in [0.2, 0.25) is 0 Å². The summed E-state index contributed by atoms with van der Waals surface area (Å²) in [5.74, 6) is 1.43. The van der Waals surface area contributed by atoms with Crippen molar-refractivity contribution in [3.05, 3.63) is 47.3 Å². The normalized spacial score (nSPS) is 12.6. The number of aromatic nitrogens is 2. The Kier molecular flexibility index (Phi) is 5.39. The van der Waals surface area contributed by atoms with Crippen molar-refractivity contribution < 1.29 is 4.74 Å². The summed E-state index contributed by atoms with van der Waals surface area (Å²) in [6, 6.07) is 10.3. The van der Waals surface area contributed by atoms with Crippen molar-refractivity contribution >= 4 is 0 Å². The Labute approximate surface area is 126 Å². The molecule has 2 rings (SSSR count). The van der Waals surface area contributed by atoms with Crippen LogP contribution in [0, 0.1) is 0 Å². The molecular weight excluding hydrogens is 262 g/mol. The number of hydrogen-bond acceptors (Lipinski definition) is 3. The molecular formula is C17H25N3O. The highest BCUT2D eigenvalue weighted by molar-refractivity contribution is 5.36. The molecule has 1 atom stereocenters. The van der Waals surface area contributed by atoms with Crippen molar-refractivity contribution in [2.75, 3.05) is 13.2 Å². The quantitative estimate of drug-likeness (QED) is 0.820. The number of hydrogen-bond donors (Lipinski definition) is 2. The van der Waals surface area contributed by atoms with Gasteiger partial charge < -0.3 is 10.5 Å². The van der Waals surface area contributed by atoms with E-state index in [9.17, 15) is 0 Å². The molecule has 0 amide bonds. The molecule has 0 bridgehead atoms. The molecule has 0 fully saturated rings. The minimum Gasteiger partial charge on any atom is -0.494 e. The molecule has 4 nitrogen and oxygen atoms in total. The van der Waals surface area contributed by atoms with Gasteiger partial charge in [-0.2, -0.15) is 5.10 Å². The van der Waals surface area contributed by atoms with E-state index in [0.29, 0.717) is 12.5 Å². The predicted molar refractivity (Wildman–Crippen MR) is 85.8 cm³/mol. The summed E-state index contributed by atoms with van der Waals surface area (Å²) < 4.78 is 5.70. The zero-order chi connectivity index (χ0) is 15.2. The van der Waals surface area contributed by atoms with E-state index < -0.39 is 0 Å². The van der Waals surface area contributed by atoms with Crippen LogP contribution in [-0.2, 0) is 0 Å². The highest BCUT2D eigenvalue weighted by Gasteiger charge is 2.17. The average molecular weight is 287 g/mol. The Morgan fingerprint density at radius 3 is 2.71 bits per heavy atom. The lowest BCUT2D eigenvalue weighted by molar-refractivity contribution is 0.317. The number of nitrogens with zero attached hydrogens (tertiary/aromatic N) is 1. The molecule has 1 aromatic carbocycles. The fourth-order valence-corrected chi connectivity index (χ4v) is 2.31. The maximum absolute atomic E-state index is 5.98. The smallest absolute Gasteiger partial charge is 0.119 e. The van der Waals surface area contributed by atoms with E-state index >= 15 is 0 Å². The summed E-state index contributed by atoms with van der Waals surface area (Å²) in [6.07, 6.45) is 1.00. The predicted octanol–water partition coefficient (Wildman–Crippen LogP) is 3.41. The van der Waals surface area contributed by atoms with Gasteiger partial charge in [-0.1, -0.05) is 32.9 Å². The fourth-order valence-electron chi connectivity index (χ4n) is 2.31. The molecule has 1 unspecified atom stereocenters. The molecule has 0 aliphatic carbocycles. The molecule has 0 radical (unpaired) electrons. The Balaban J connectivity index is 2.23. The molecule has 1 aromatic heterocycles. The number of nitrogens with two attached hydrogens (primary N) is 1. The Morgan fingerprint density at radius 2 is 2.10 bits per heavy atom. The van der Waals surface area contributed by atoms with Crippen LogP contribution in [0.2, 0.25) is 0 Å². The lowest BCUT2D eigenvalue weighted by Gasteiger charge is -2.15. The minimum atomic E-state index is 0.121. The highest BCUT2D eigenvalue weighted by Crippen LogP contribution is 2.27. The van der Waals surface area contributed by atoms with Crippen molar-refractivity contribution in [3.8, 4) is 5.75 Å². The first-order valence-corrected chi connectivity index (χ1v) is 7.63. The second-order valence-corrected chi connectivity index (χ2v) is 5.61. The van der Waals surface area contributed by atoms with Gasteiger partial charge in [0, 0.05) is 18.2 Å². The van der Waals surface area contributed by atoms with E-state index in [2.05, 4.69) is 49.2 Å². The largest absolute Gasteiger partial charge is 0.494 e. The van der Waals surface area contributed by atoms with Crippen molar-refractivity contribution in [2.24, 2.45) is 5.73 Å². The maximum Gasteiger partial charge on any atom is 0.119 e. The molecule has 114 valence electrons. The van der Waals surface area contributed by atoms with E-state index in [1.54, 1.807) is 0 Å². The molecule has 0 aliphatic rings. The Bertz CT molecular complexity index is 563. The first-order chi connectivity index (χ1) is 10.2. The summed E-state index contributed by atoms with van der Waals surface area (Å²) in [6.45, 7) is 7.65. The van der Waals surface area contributed by atoms with Crippen LogP contribution in [0.5, 0.6) is 5.75 Å². The van der Waals surface area contributed by atoms with Gasteiger partial charge in [0.05, 0.1) is 12.3 Å². The molecule has 3 N–H and O–H groups in total. The van der Waals surface area contributed by atoms with Crippen LogP contribution in [0.3, 0.4) is 0 Å². The zero-order valence-electron chi connectivity index (χ0n) is 13.1. The van der Waals surface area contributed by atoms with Gasteiger partial charge >= 0.3 is 0 Å². The Morgan fingerprint density at radius 1 is 1.29 bits per heavy atom. The molecule has 21 heavy (non-hydrogen) atoms. The molecule has 1 heterocycles. The van der Waals surface area contributed by atoms with Crippen molar-refractivity contribution in [1.29, 1.82) is 0 Å². The second-order valence-electron chi connectivity index (χ2n) is 5.61. The molecule has 4 heteroatoms. The van der Waals surface area contributed by atoms with Crippen LogP contribution in [0.25, 0.3) is 0 Å². The first kappa shape index (κ1) is 15.6. The summed E-state index contributed by atoms with van der Waals surface area (Å²) in [5.41, 5.74) is 9.28. The summed E-state index contributed by atoms with van der Waals surface area (Å²) in [5, 5.41) is 7.50. The second kappa shape index (κ2) is 7.27. The SMILES string of the molecule is CCCOc1cccc(C(CN)c2cc(C(C)C)n[nH]2)c1. The number of ether oxygens (including phenoxy) is 1. The summed E-state index contributed by atoms with van der Waals surface area (Å²) >= 11 is 0. The van der Waals surface area contributed by atoms with Crippen molar-refractivity contribution in [1.82, 2.24) is 10.2 Å². The van der Waals surface area contributed by atoms with Crippen LogP contribution in [-0.4, -0.2) is 23.3 Å². The van der Waals surface area contributed by atoms with E-state index in [0.717, 1.165) is 35.7 Å². The van der Waals surface area contributed by atoms with E-state index in [1.807, 2.05) is 12.1 Å². The van der Waals surface area contributed by atoms with E-state index in [4.69, 9.17) is 10.5 Å². The van der Waals surface area contributed by atoms with Gasteiger partial charge in [0.25, 0.3) is 0 Å². The fraction of sp³-hybridized carbons (Fsp3) is 0.471. The molecule has 0 saturated heterocycles. The molecule has 0 spiro atoms. The van der Waals surface area contributed by atoms with Gasteiger partial charge in [-0.05, 0) is 36.1 Å². The molecule has 2 aromatic rings. The number of aromatic amines is 1. The number of rotatable bonds is 7. The topological polar surface area (TPSA) is 63.9 Å². The maximum atomic E-state index is 5.98. The van der Waals surface area contributed by atoms with Gasteiger partial charge in [0.1, 0.15) is 5.75 Å². The lowest BCUT2D eigenvalue weighted by atomic mass is 9.95. The number of nitrogens with one attached hydrogen (secondary N) is 1. The average Bonchev–Trinajstić information content (AvgIpc) is 2.96. The molecule has 0 saturated carbocycles. The highest BCUT2D eigenvalue weighted by atomic mass is 16.5. The third-order valence-electron chi connectivity index (χ3n) is 3.55. The van der Waals surface area contributed by atoms with E-state index in [-0.39, 0.29) is 5.92 Å². The zero-order valence-corrected chi connectivity index (χ0v) is 13.1. The molecule has 0 aliphatic heterocycles. The van der Waals surface area contributed by atoms with Gasteiger partial charge in [-0.3, -0.25) is 5.10 Å². The monoisotopic (exact) mass is 287 g/mol. The third-order valence-corrected chi connectivity index (χ3v) is 3.55. The van der Waals surface area contributed by atoms with Crippen LogP contribution < -0.4 is 10.5 Å². The van der Waals surface area contributed by atoms with Crippen LogP contribution in [0.4, 0.5) is 0 Å². The van der Waals surface area contributed by atoms with E-state index in [1.165, 1.54) is 0 Å². The number of benzene rings is 1. The van der Waals surface area contributed by atoms with Crippen LogP contribution in [0.1, 0.15) is 56.0 Å². The van der Waals surface area contributed by atoms with Gasteiger partial charge in [-0.25, -0.2) is 0 Å².